The van der Waals surface area contributed by atoms with E-state index in [9.17, 15) is 8.42 Å². The third-order valence-electron chi connectivity index (χ3n) is 4.51. The van der Waals surface area contributed by atoms with Crippen LogP contribution in [-0.2, 0) is 16.6 Å². The van der Waals surface area contributed by atoms with Crippen molar-refractivity contribution < 1.29 is 22.3 Å². The number of nitrogens with zero attached hydrogens (tertiary/aromatic N) is 1. The lowest BCUT2D eigenvalue weighted by Crippen LogP contribution is -2.30. The Morgan fingerprint density at radius 3 is 2.43 bits per heavy atom. The second kappa shape index (κ2) is 7.59. The Bertz CT molecular complexity index is 1040. The van der Waals surface area contributed by atoms with Crippen LogP contribution >= 0.6 is 0 Å². The molecule has 0 saturated carbocycles. The van der Waals surface area contributed by atoms with Crippen molar-refractivity contribution in [3.8, 4) is 11.5 Å². The lowest BCUT2D eigenvalue weighted by molar-refractivity contribution is 0.297. The first-order valence-corrected chi connectivity index (χ1v) is 10.5. The fourth-order valence-electron chi connectivity index (χ4n) is 3.00. The maximum absolute atomic E-state index is 13.5. The highest BCUT2D eigenvalue weighted by atomic mass is 32.2. The smallest absolute Gasteiger partial charge is 0.264 e. The molecule has 0 bridgehead atoms. The van der Waals surface area contributed by atoms with E-state index in [0.717, 1.165) is 12.0 Å². The van der Waals surface area contributed by atoms with E-state index in [1.165, 1.54) is 16.6 Å². The number of anilines is 1. The molecule has 0 N–H and O–H groups in total. The summed E-state index contributed by atoms with van der Waals surface area (Å²) in [5.74, 6) is 1.56. The highest BCUT2D eigenvalue weighted by molar-refractivity contribution is 7.92. The molecule has 6 nitrogen and oxygen atoms in total. The van der Waals surface area contributed by atoms with Crippen molar-refractivity contribution in [3.05, 3.63) is 72.2 Å². The van der Waals surface area contributed by atoms with Gasteiger partial charge < -0.3 is 13.9 Å². The minimum atomic E-state index is -3.85. The molecule has 28 heavy (non-hydrogen) atoms. The van der Waals surface area contributed by atoms with Gasteiger partial charge in [0.1, 0.15) is 5.76 Å². The molecule has 0 aliphatic carbocycles. The number of rotatable bonds is 5. The fourth-order valence-corrected chi connectivity index (χ4v) is 4.45. The molecule has 1 aliphatic heterocycles. The Balaban J connectivity index is 1.75. The number of hydrogen-bond acceptors (Lipinski definition) is 5. The highest BCUT2D eigenvalue weighted by Crippen LogP contribution is 2.34. The van der Waals surface area contributed by atoms with Crippen molar-refractivity contribution in [2.45, 2.75) is 24.8 Å². The minimum Gasteiger partial charge on any atom is -0.490 e. The summed E-state index contributed by atoms with van der Waals surface area (Å²) in [6.45, 7) is 3.09. The zero-order chi connectivity index (χ0) is 19.6. The Kier molecular flexibility index (Phi) is 5.00. The molecule has 3 aromatic rings. The maximum Gasteiger partial charge on any atom is 0.264 e. The van der Waals surface area contributed by atoms with E-state index in [4.69, 9.17) is 13.9 Å². The normalized spacial score (nSPS) is 13.8. The highest BCUT2D eigenvalue weighted by Gasteiger charge is 2.27. The van der Waals surface area contributed by atoms with Gasteiger partial charge >= 0.3 is 0 Å². The van der Waals surface area contributed by atoms with E-state index in [1.54, 1.807) is 36.4 Å². The molecule has 0 saturated heterocycles. The van der Waals surface area contributed by atoms with Crippen LogP contribution in [0.15, 0.2) is 70.2 Å². The molecule has 7 heteroatoms. The number of sulfonamides is 1. The molecular formula is C21H21NO5S. The molecule has 1 aliphatic rings. The zero-order valence-electron chi connectivity index (χ0n) is 15.5. The van der Waals surface area contributed by atoms with Gasteiger partial charge in [0.25, 0.3) is 10.0 Å². The number of aryl methyl sites for hydroxylation is 1. The standard InChI is InChI=1S/C21H21NO5S/c1-16-5-7-17(8-6-16)22(15-18-4-2-11-25-18)28(23,24)19-9-10-20-21(14-19)27-13-3-12-26-20/h2,4-11,14H,3,12-13,15H2,1H3. The van der Waals surface area contributed by atoms with Gasteiger partial charge in [0, 0.05) is 12.5 Å². The molecule has 0 unspecified atom stereocenters. The van der Waals surface area contributed by atoms with Crippen LogP contribution in [0.3, 0.4) is 0 Å². The van der Waals surface area contributed by atoms with Crippen LogP contribution in [0, 0.1) is 6.92 Å². The number of benzene rings is 2. The molecular weight excluding hydrogens is 378 g/mol. The maximum atomic E-state index is 13.5. The van der Waals surface area contributed by atoms with Gasteiger partial charge in [-0.05, 0) is 43.3 Å². The van der Waals surface area contributed by atoms with Crippen molar-refractivity contribution in [1.82, 2.24) is 0 Å². The predicted octanol–water partition coefficient (Wildman–Crippen LogP) is 4.14. The van der Waals surface area contributed by atoms with Crippen LogP contribution in [0.2, 0.25) is 0 Å². The number of hydrogen-bond donors (Lipinski definition) is 0. The van der Waals surface area contributed by atoms with Gasteiger partial charge in [-0.3, -0.25) is 4.31 Å². The molecule has 1 aromatic heterocycles. The van der Waals surface area contributed by atoms with Gasteiger partial charge in [0.15, 0.2) is 11.5 Å². The second-order valence-corrected chi connectivity index (χ2v) is 8.45. The summed E-state index contributed by atoms with van der Waals surface area (Å²) >= 11 is 0. The van der Waals surface area contributed by atoms with Gasteiger partial charge in [-0.2, -0.15) is 0 Å². The van der Waals surface area contributed by atoms with Gasteiger partial charge in [-0.15, -0.1) is 0 Å². The van der Waals surface area contributed by atoms with Gasteiger partial charge in [0.2, 0.25) is 0 Å². The second-order valence-electron chi connectivity index (χ2n) is 6.59. The zero-order valence-corrected chi connectivity index (χ0v) is 16.3. The minimum absolute atomic E-state index is 0.0901. The number of fused-ring (bicyclic) bond motifs is 1. The van der Waals surface area contributed by atoms with Gasteiger partial charge in [-0.25, -0.2) is 8.42 Å². The van der Waals surface area contributed by atoms with Crippen molar-refractivity contribution in [2.75, 3.05) is 17.5 Å². The molecule has 4 rings (SSSR count). The molecule has 0 amide bonds. The van der Waals surface area contributed by atoms with E-state index in [2.05, 4.69) is 0 Å². The summed E-state index contributed by atoms with van der Waals surface area (Å²) in [6, 6.07) is 15.6. The quantitative estimate of drug-likeness (QED) is 0.645. The first-order chi connectivity index (χ1) is 13.5. The third-order valence-corrected chi connectivity index (χ3v) is 6.28. The average Bonchev–Trinajstić information content (AvgIpc) is 3.09. The molecule has 0 spiro atoms. The summed E-state index contributed by atoms with van der Waals surface area (Å²) in [7, 11) is -3.85. The number of furan rings is 1. The van der Waals surface area contributed by atoms with Crippen LogP contribution < -0.4 is 13.8 Å². The van der Waals surface area contributed by atoms with Crippen LogP contribution in [0.1, 0.15) is 17.7 Å². The summed E-state index contributed by atoms with van der Waals surface area (Å²) < 4.78 is 45.0. The van der Waals surface area contributed by atoms with E-state index in [0.29, 0.717) is 36.2 Å². The summed E-state index contributed by atoms with van der Waals surface area (Å²) in [5, 5.41) is 0. The molecule has 2 heterocycles. The first-order valence-electron chi connectivity index (χ1n) is 9.05. The molecule has 0 fully saturated rings. The molecule has 0 radical (unpaired) electrons. The van der Waals surface area contributed by atoms with Crippen molar-refractivity contribution >= 4 is 15.7 Å². The number of ether oxygens (including phenoxy) is 2. The van der Waals surface area contributed by atoms with E-state index in [-0.39, 0.29) is 11.4 Å². The topological polar surface area (TPSA) is 69.0 Å². The Hall–Kier alpha value is -2.93. The summed E-state index contributed by atoms with van der Waals surface area (Å²) in [5.41, 5.74) is 1.61. The monoisotopic (exact) mass is 399 g/mol. The predicted molar refractivity (Wildman–Crippen MR) is 105 cm³/mol. The van der Waals surface area contributed by atoms with Crippen LogP contribution in [0.4, 0.5) is 5.69 Å². The molecule has 0 atom stereocenters. The van der Waals surface area contributed by atoms with Gasteiger partial charge in [0.05, 0.1) is 36.6 Å². The Morgan fingerprint density at radius 1 is 0.964 bits per heavy atom. The van der Waals surface area contributed by atoms with E-state index < -0.39 is 10.0 Å². The average molecular weight is 399 g/mol. The largest absolute Gasteiger partial charge is 0.490 e. The lowest BCUT2D eigenvalue weighted by Gasteiger charge is -2.24. The molecule has 146 valence electrons. The SMILES string of the molecule is Cc1ccc(N(Cc2ccco2)S(=O)(=O)c2ccc3c(c2)OCCCO3)cc1. The summed E-state index contributed by atoms with van der Waals surface area (Å²) in [6.07, 6.45) is 2.29. The van der Waals surface area contributed by atoms with Crippen LogP contribution in [0.5, 0.6) is 11.5 Å². The van der Waals surface area contributed by atoms with Crippen LogP contribution in [0.25, 0.3) is 0 Å². The van der Waals surface area contributed by atoms with Crippen molar-refractivity contribution in [3.63, 3.8) is 0 Å². The fraction of sp³-hybridized carbons (Fsp3) is 0.238. The lowest BCUT2D eigenvalue weighted by atomic mass is 10.2. The molecule has 2 aromatic carbocycles. The Morgan fingerprint density at radius 2 is 1.71 bits per heavy atom. The summed E-state index contributed by atoms with van der Waals surface area (Å²) in [4.78, 5) is 0.142. The van der Waals surface area contributed by atoms with E-state index >= 15 is 0 Å². The van der Waals surface area contributed by atoms with Crippen LogP contribution in [-0.4, -0.2) is 21.6 Å². The first kappa shape index (κ1) is 18.4. The Labute approximate surface area is 164 Å². The van der Waals surface area contributed by atoms with Crippen molar-refractivity contribution in [1.29, 1.82) is 0 Å². The third kappa shape index (κ3) is 3.71. The van der Waals surface area contributed by atoms with Gasteiger partial charge in [-0.1, -0.05) is 17.7 Å². The van der Waals surface area contributed by atoms with E-state index in [1.807, 2.05) is 19.1 Å². The van der Waals surface area contributed by atoms with Crippen molar-refractivity contribution in [2.24, 2.45) is 0 Å².